The second-order valence-electron chi connectivity index (χ2n) is 6.39. The van der Waals surface area contributed by atoms with E-state index in [2.05, 4.69) is 5.10 Å². The first-order valence-electron chi connectivity index (χ1n) is 7.99. The van der Waals surface area contributed by atoms with E-state index in [0.29, 0.717) is 23.2 Å². The molecule has 2 heterocycles. The lowest BCUT2D eigenvalue weighted by molar-refractivity contribution is 0.0932. The second kappa shape index (κ2) is 6.34. The number of aryl methyl sites for hydroxylation is 2. The summed E-state index contributed by atoms with van der Waals surface area (Å²) in [6.45, 7) is 3.19. The van der Waals surface area contributed by atoms with Gasteiger partial charge in [-0.25, -0.2) is 9.07 Å². The number of aromatic nitrogens is 2. The van der Waals surface area contributed by atoms with E-state index in [4.69, 9.17) is 4.74 Å². The lowest BCUT2D eigenvalue weighted by Crippen LogP contribution is -2.23. The maximum absolute atomic E-state index is 14.8. The molecule has 1 atom stereocenters. The summed E-state index contributed by atoms with van der Waals surface area (Å²) in [6.07, 6.45) is -0.239. The van der Waals surface area contributed by atoms with Crippen LogP contribution < -0.4 is 0 Å². The third kappa shape index (κ3) is 2.71. The molecule has 0 spiro atoms. The molecular weight excluding hydrogens is 363 g/mol. The van der Waals surface area contributed by atoms with E-state index in [1.807, 2.05) is 0 Å². The van der Waals surface area contributed by atoms with Crippen molar-refractivity contribution in [2.75, 3.05) is 12.9 Å². The summed E-state index contributed by atoms with van der Waals surface area (Å²) < 4.78 is 41.9. The molecular formula is C17H21FN2O5S. The van der Waals surface area contributed by atoms with Crippen molar-refractivity contribution in [3.63, 3.8) is 0 Å². The van der Waals surface area contributed by atoms with Gasteiger partial charge in [0.2, 0.25) is 11.7 Å². The van der Waals surface area contributed by atoms with Gasteiger partial charge in [0.05, 0.1) is 11.8 Å². The van der Waals surface area contributed by atoms with E-state index in [0.717, 1.165) is 6.07 Å². The first kappa shape index (κ1) is 18.8. The average Bonchev–Trinajstić information content (AvgIpc) is 2.82. The highest BCUT2D eigenvalue weighted by molar-refractivity contribution is 8.24. The number of aromatic hydroxyl groups is 1. The monoisotopic (exact) mass is 384 g/mol. The fourth-order valence-corrected chi connectivity index (χ4v) is 5.26. The minimum absolute atomic E-state index is 0.00462. The number of rotatable bonds is 3. The van der Waals surface area contributed by atoms with Gasteiger partial charge >= 0.3 is 0 Å². The molecule has 1 unspecified atom stereocenters. The minimum Gasteiger partial charge on any atom is -0.493 e. The van der Waals surface area contributed by atoms with E-state index in [1.165, 1.54) is 18.8 Å². The van der Waals surface area contributed by atoms with Crippen molar-refractivity contribution in [2.45, 2.75) is 31.3 Å². The smallest absolute Gasteiger partial charge is 0.220 e. The van der Waals surface area contributed by atoms with Crippen LogP contribution in [0, 0.1) is 19.7 Å². The van der Waals surface area contributed by atoms with Gasteiger partial charge in [-0.05, 0) is 31.9 Å². The molecule has 0 radical (unpaired) electrons. The van der Waals surface area contributed by atoms with Crippen molar-refractivity contribution in [1.82, 2.24) is 9.78 Å². The highest BCUT2D eigenvalue weighted by Crippen LogP contribution is 2.58. The number of nitrogens with zero attached hydrogens (tertiary/aromatic N) is 2. The van der Waals surface area contributed by atoms with Gasteiger partial charge in [-0.2, -0.15) is 15.7 Å². The molecule has 0 fully saturated rings. The number of ether oxygens (including phenoxy) is 1. The van der Waals surface area contributed by atoms with Gasteiger partial charge < -0.3 is 9.84 Å². The zero-order chi connectivity index (χ0) is 19.4. The van der Waals surface area contributed by atoms with Crippen LogP contribution in [-0.2, 0) is 11.8 Å². The van der Waals surface area contributed by atoms with Crippen LogP contribution in [0.2, 0.25) is 0 Å². The summed E-state index contributed by atoms with van der Waals surface area (Å²) in [5, 5.41) is 14.1. The Morgan fingerprint density at radius 2 is 2.08 bits per heavy atom. The molecule has 3 N–H and O–H groups in total. The average molecular weight is 384 g/mol. The lowest BCUT2D eigenvalue weighted by atomic mass is 9.92. The number of fused-ring (bicyclic) bond motifs is 1. The number of carbonyl (C=O) groups is 1. The molecule has 7 nitrogen and oxygen atoms in total. The van der Waals surface area contributed by atoms with Gasteiger partial charge in [0, 0.05) is 31.0 Å². The molecule has 0 saturated carbocycles. The molecule has 9 heteroatoms. The second-order valence-corrected chi connectivity index (χ2v) is 8.54. The van der Waals surface area contributed by atoms with Crippen molar-refractivity contribution >= 4 is 16.4 Å². The van der Waals surface area contributed by atoms with Crippen LogP contribution in [0.25, 0.3) is 0 Å². The van der Waals surface area contributed by atoms with Crippen LogP contribution in [-0.4, -0.2) is 42.6 Å². The molecule has 1 aliphatic heterocycles. The Labute approximate surface area is 151 Å². The number of hydrogen-bond acceptors (Lipinski definition) is 6. The molecule has 0 amide bonds. The van der Waals surface area contributed by atoms with Crippen LogP contribution in [0.5, 0.6) is 5.88 Å². The van der Waals surface area contributed by atoms with Gasteiger partial charge in [-0.1, -0.05) is 0 Å². The minimum atomic E-state index is -3.29. The Balaban J connectivity index is 2.25. The van der Waals surface area contributed by atoms with Crippen molar-refractivity contribution in [2.24, 2.45) is 7.05 Å². The number of methoxy groups -OCH3 is 1. The van der Waals surface area contributed by atoms with Gasteiger partial charge in [-0.15, -0.1) is 0 Å². The molecule has 0 saturated heterocycles. The van der Waals surface area contributed by atoms with Gasteiger partial charge in [0.1, 0.15) is 16.3 Å². The zero-order valence-electron chi connectivity index (χ0n) is 14.9. The zero-order valence-corrected chi connectivity index (χ0v) is 15.7. The summed E-state index contributed by atoms with van der Waals surface area (Å²) >= 11 is 0. The first-order valence-corrected chi connectivity index (χ1v) is 9.70. The maximum Gasteiger partial charge on any atom is 0.220 e. The highest BCUT2D eigenvalue weighted by Gasteiger charge is 2.37. The fraction of sp³-hybridized carbons (Fsp3) is 0.412. The maximum atomic E-state index is 14.8. The predicted octanol–water partition coefficient (Wildman–Crippen LogP) is 3.31. The first-order chi connectivity index (χ1) is 12.1. The van der Waals surface area contributed by atoms with Gasteiger partial charge in [0.25, 0.3) is 0 Å². The normalized spacial score (nSPS) is 19.9. The van der Waals surface area contributed by atoms with Crippen LogP contribution >= 0.6 is 10.6 Å². The Hall–Kier alpha value is -1.94. The molecule has 26 heavy (non-hydrogen) atoms. The van der Waals surface area contributed by atoms with Crippen molar-refractivity contribution in [3.05, 3.63) is 39.8 Å². The van der Waals surface area contributed by atoms with Crippen LogP contribution in [0.3, 0.4) is 0 Å². The Morgan fingerprint density at radius 1 is 1.42 bits per heavy atom. The topological polar surface area (TPSA) is 105 Å². The standard InChI is InChI=1S/C17H21FN2O5S/c1-8-10(15(21)14-9(2)19-20(3)17(14)22)7-11(18)16-13(8)12(25-4)5-6-26(16,23)24/h7,12,22-24H,5-6H2,1-4H3. The Bertz CT molecular complexity index is 909. The van der Waals surface area contributed by atoms with Gasteiger partial charge in [0.15, 0.2) is 0 Å². The molecule has 1 aromatic carbocycles. The Morgan fingerprint density at radius 3 is 2.62 bits per heavy atom. The molecule has 0 bridgehead atoms. The number of benzene rings is 1. The molecule has 1 aliphatic rings. The van der Waals surface area contributed by atoms with E-state index in [1.54, 1.807) is 13.8 Å². The molecule has 142 valence electrons. The third-order valence-corrected chi connectivity index (χ3v) is 6.68. The number of carbonyl (C=O) groups excluding carboxylic acids is 1. The predicted molar refractivity (Wildman–Crippen MR) is 94.5 cm³/mol. The lowest BCUT2D eigenvalue weighted by Gasteiger charge is -2.41. The fourth-order valence-electron chi connectivity index (χ4n) is 3.50. The summed E-state index contributed by atoms with van der Waals surface area (Å²) in [4.78, 5) is 12.8. The number of halogens is 1. The quantitative estimate of drug-likeness (QED) is 0.701. The van der Waals surface area contributed by atoms with Crippen molar-refractivity contribution < 1.29 is 28.1 Å². The largest absolute Gasteiger partial charge is 0.493 e. The SMILES string of the molecule is COC1CCS(O)(O)c2c(F)cc(C(=O)c3c(C)nn(C)c3O)c(C)c21. The number of hydrogen-bond donors (Lipinski definition) is 3. The van der Waals surface area contributed by atoms with Crippen molar-refractivity contribution in [1.29, 1.82) is 0 Å². The summed E-state index contributed by atoms with van der Waals surface area (Å²) in [5.41, 5.74) is 1.04. The molecule has 3 rings (SSSR count). The van der Waals surface area contributed by atoms with Crippen molar-refractivity contribution in [3.8, 4) is 5.88 Å². The summed E-state index contributed by atoms with van der Waals surface area (Å²) in [7, 11) is -0.341. The van der Waals surface area contributed by atoms with E-state index in [9.17, 15) is 23.4 Å². The van der Waals surface area contributed by atoms with E-state index >= 15 is 0 Å². The number of ketones is 1. The highest BCUT2D eigenvalue weighted by atomic mass is 32.3. The van der Waals surface area contributed by atoms with E-state index in [-0.39, 0.29) is 27.7 Å². The molecule has 1 aromatic heterocycles. The van der Waals surface area contributed by atoms with E-state index < -0.39 is 28.3 Å². The van der Waals surface area contributed by atoms with Gasteiger partial charge in [-0.3, -0.25) is 13.9 Å². The summed E-state index contributed by atoms with van der Waals surface area (Å²) in [5.74, 6) is -1.75. The Kier molecular flexibility index (Phi) is 4.60. The molecule has 0 aliphatic carbocycles. The third-order valence-electron chi connectivity index (χ3n) is 4.80. The summed E-state index contributed by atoms with van der Waals surface area (Å²) in [6, 6.07) is 0.995. The van der Waals surface area contributed by atoms with Crippen LogP contribution in [0.4, 0.5) is 4.39 Å². The van der Waals surface area contributed by atoms with Crippen LogP contribution in [0.15, 0.2) is 11.0 Å². The van der Waals surface area contributed by atoms with Crippen LogP contribution in [0.1, 0.15) is 45.3 Å². The molecule has 2 aromatic rings.